The van der Waals surface area contributed by atoms with Gasteiger partial charge in [-0.2, -0.15) is 0 Å². The molecule has 4 heteroatoms. The molecule has 1 aromatic rings. The number of carbonyl (C=O) groups is 1. The average molecular weight is 281 g/mol. The number of rotatable bonds is 3. The summed E-state index contributed by atoms with van der Waals surface area (Å²) in [7, 11) is 0. The summed E-state index contributed by atoms with van der Waals surface area (Å²) in [6.45, 7) is 2.74. The third kappa shape index (κ3) is 2.77. The Balaban J connectivity index is 3.00. The minimum Gasteiger partial charge on any atom is -0.398 e. The molecule has 0 aromatic heterocycles. The Hall–Kier alpha value is -1.47. The fraction of sp³-hybridized carbons (Fsp3) is 0.250. The molecule has 0 spiro atoms. The predicted octanol–water partition coefficient (Wildman–Crippen LogP) is 2.13. The number of halogens is 1. The van der Waals surface area contributed by atoms with Crippen molar-refractivity contribution in [2.24, 2.45) is 0 Å². The van der Waals surface area contributed by atoms with Crippen molar-refractivity contribution in [2.75, 3.05) is 18.8 Å². The number of nitrogens with two attached hydrogens (primary N) is 1. The van der Waals surface area contributed by atoms with Crippen LogP contribution in [0.3, 0.4) is 0 Å². The second kappa shape index (κ2) is 5.57. The molecule has 0 heterocycles. The standard InChI is InChI=1S/C12H13BrN2O/c1-3-7-15(4-2)12(16)10-6-5-9(13)8-11(10)14/h1,5-6,8H,4,7,14H2,2H3. The topological polar surface area (TPSA) is 46.3 Å². The zero-order valence-electron chi connectivity index (χ0n) is 9.03. The Morgan fingerprint density at radius 1 is 1.62 bits per heavy atom. The number of nitrogen functional groups attached to an aromatic ring is 1. The van der Waals surface area contributed by atoms with Gasteiger partial charge in [0.2, 0.25) is 0 Å². The van der Waals surface area contributed by atoms with Crippen molar-refractivity contribution in [2.45, 2.75) is 6.92 Å². The Kier molecular flexibility index (Phi) is 4.39. The van der Waals surface area contributed by atoms with Crippen molar-refractivity contribution in [3.05, 3.63) is 28.2 Å². The minimum absolute atomic E-state index is 0.134. The molecule has 0 aliphatic carbocycles. The van der Waals surface area contributed by atoms with E-state index in [2.05, 4.69) is 21.9 Å². The van der Waals surface area contributed by atoms with Crippen molar-refractivity contribution in [3.8, 4) is 12.3 Å². The van der Waals surface area contributed by atoms with Crippen LogP contribution >= 0.6 is 15.9 Å². The van der Waals surface area contributed by atoms with Gasteiger partial charge in [0, 0.05) is 16.7 Å². The number of amides is 1. The van der Waals surface area contributed by atoms with Gasteiger partial charge in [0.25, 0.3) is 5.91 Å². The molecule has 3 nitrogen and oxygen atoms in total. The first-order valence-corrected chi connectivity index (χ1v) is 5.67. The van der Waals surface area contributed by atoms with Crippen molar-refractivity contribution < 1.29 is 4.79 Å². The molecule has 0 atom stereocenters. The molecule has 1 aromatic carbocycles. The van der Waals surface area contributed by atoms with Crippen LogP contribution in [0.1, 0.15) is 17.3 Å². The maximum Gasteiger partial charge on any atom is 0.256 e. The summed E-state index contributed by atoms with van der Waals surface area (Å²) >= 11 is 3.29. The summed E-state index contributed by atoms with van der Waals surface area (Å²) in [5.41, 5.74) is 6.72. The van der Waals surface area contributed by atoms with Crippen LogP contribution in [-0.4, -0.2) is 23.9 Å². The molecule has 0 saturated carbocycles. The summed E-state index contributed by atoms with van der Waals surface area (Å²) in [5, 5.41) is 0. The zero-order valence-corrected chi connectivity index (χ0v) is 10.6. The number of hydrogen-bond acceptors (Lipinski definition) is 2. The summed E-state index contributed by atoms with van der Waals surface area (Å²) < 4.78 is 0.849. The lowest BCUT2D eigenvalue weighted by Crippen LogP contribution is -2.31. The highest BCUT2D eigenvalue weighted by Gasteiger charge is 2.15. The largest absolute Gasteiger partial charge is 0.398 e. The molecular weight excluding hydrogens is 268 g/mol. The molecule has 2 N–H and O–H groups in total. The molecule has 0 unspecified atom stereocenters. The van der Waals surface area contributed by atoms with E-state index in [1.165, 1.54) is 0 Å². The first-order chi connectivity index (χ1) is 7.60. The quantitative estimate of drug-likeness (QED) is 0.681. The maximum absolute atomic E-state index is 12.0. The van der Waals surface area contributed by atoms with Gasteiger partial charge in [0.05, 0.1) is 12.1 Å². The molecule has 0 saturated heterocycles. The first-order valence-electron chi connectivity index (χ1n) is 4.88. The van der Waals surface area contributed by atoms with E-state index in [1.807, 2.05) is 6.92 Å². The van der Waals surface area contributed by atoms with Gasteiger partial charge in [-0.3, -0.25) is 4.79 Å². The molecule has 0 bridgehead atoms. The lowest BCUT2D eigenvalue weighted by molar-refractivity contribution is 0.0786. The molecule has 0 aliphatic heterocycles. The van der Waals surface area contributed by atoms with Crippen LogP contribution in [0.25, 0.3) is 0 Å². The SMILES string of the molecule is C#CCN(CC)C(=O)c1ccc(Br)cc1N. The zero-order chi connectivity index (χ0) is 12.1. The van der Waals surface area contributed by atoms with Crippen LogP contribution in [-0.2, 0) is 0 Å². The van der Waals surface area contributed by atoms with Crippen LogP contribution in [0.4, 0.5) is 5.69 Å². The summed E-state index contributed by atoms with van der Waals surface area (Å²) in [6.07, 6.45) is 5.20. The van der Waals surface area contributed by atoms with E-state index in [9.17, 15) is 4.79 Å². The minimum atomic E-state index is -0.134. The summed E-state index contributed by atoms with van der Waals surface area (Å²) in [5.74, 6) is 2.32. The van der Waals surface area contributed by atoms with E-state index < -0.39 is 0 Å². The predicted molar refractivity (Wildman–Crippen MR) is 69.0 cm³/mol. The van der Waals surface area contributed by atoms with Gasteiger partial charge >= 0.3 is 0 Å². The van der Waals surface area contributed by atoms with E-state index in [1.54, 1.807) is 23.1 Å². The first kappa shape index (κ1) is 12.6. The Morgan fingerprint density at radius 3 is 2.81 bits per heavy atom. The Labute approximate surface area is 104 Å². The second-order valence-corrected chi connectivity index (χ2v) is 4.17. The molecule has 84 valence electrons. The summed E-state index contributed by atoms with van der Waals surface area (Å²) in [6, 6.07) is 5.19. The lowest BCUT2D eigenvalue weighted by atomic mass is 10.1. The van der Waals surface area contributed by atoms with Crippen LogP contribution in [0.2, 0.25) is 0 Å². The third-order valence-corrected chi connectivity index (χ3v) is 2.69. The molecule has 1 amide bonds. The van der Waals surface area contributed by atoms with Crippen molar-refractivity contribution in [3.63, 3.8) is 0 Å². The van der Waals surface area contributed by atoms with Crippen LogP contribution in [0.15, 0.2) is 22.7 Å². The molecule has 1 rings (SSSR count). The molecule has 0 fully saturated rings. The Morgan fingerprint density at radius 2 is 2.31 bits per heavy atom. The molecule has 0 aliphatic rings. The number of anilines is 1. The van der Waals surface area contributed by atoms with Gasteiger partial charge in [-0.05, 0) is 25.1 Å². The fourth-order valence-electron chi connectivity index (χ4n) is 1.34. The highest BCUT2D eigenvalue weighted by molar-refractivity contribution is 9.10. The van der Waals surface area contributed by atoms with E-state index >= 15 is 0 Å². The Bertz CT molecular complexity index is 437. The van der Waals surface area contributed by atoms with Crippen LogP contribution in [0.5, 0.6) is 0 Å². The average Bonchev–Trinajstić information content (AvgIpc) is 2.25. The van der Waals surface area contributed by atoms with Gasteiger partial charge < -0.3 is 10.6 Å². The molecule has 0 radical (unpaired) electrons. The van der Waals surface area contributed by atoms with Gasteiger partial charge in [0.1, 0.15) is 0 Å². The van der Waals surface area contributed by atoms with Crippen molar-refractivity contribution in [1.82, 2.24) is 4.90 Å². The van der Waals surface area contributed by atoms with Gasteiger partial charge in [-0.15, -0.1) is 6.42 Å². The highest BCUT2D eigenvalue weighted by Crippen LogP contribution is 2.19. The lowest BCUT2D eigenvalue weighted by Gasteiger charge is -2.18. The van der Waals surface area contributed by atoms with E-state index in [-0.39, 0.29) is 5.91 Å². The summed E-state index contributed by atoms with van der Waals surface area (Å²) in [4.78, 5) is 13.6. The normalized spacial score (nSPS) is 9.56. The van der Waals surface area contributed by atoms with E-state index in [0.29, 0.717) is 24.3 Å². The highest BCUT2D eigenvalue weighted by atomic mass is 79.9. The number of carbonyl (C=O) groups excluding carboxylic acids is 1. The van der Waals surface area contributed by atoms with E-state index in [0.717, 1.165) is 4.47 Å². The van der Waals surface area contributed by atoms with Gasteiger partial charge in [-0.1, -0.05) is 21.9 Å². The second-order valence-electron chi connectivity index (χ2n) is 3.26. The monoisotopic (exact) mass is 280 g/mol. The number of nitrogens with zero attached hydrogens (tertiary/aromatic N) is 1. The maximum atomic E-state index is 12.0. The van der Waals surface area contributed by atoms with Gasteiger partial charge in [0.15, 0.2) is 0 Å². The van der Waals surface area contributed by atoms with E-state index in [4.69, 9.17) is 12.2 Å². The van der Waals surface area contributed by atoms with Crippen molar-refractivity contribution in [1.29, 1.82) is 0 Å². The number of benzene rings is 1. The van der Waals surface area contributed by atoms with Crippen LogP contribution < -0.4 is 5.73 Å². The molecular formula is C12H13BrN2O. The number of terminal acetylenes is 1. The number of hydrogen-bond donors (Lipinski definition) is 1. The van der Waals surface area contributed by atoms with Gasteiger partial charge in [-0.25, -0.2) is 0 Å². The van der Waals surface area contributed by atoms with Crippen molar-refractivity contribution >= 4 is 27.5 Å². The third-order valence-electron chi connectivity index (χ3n) is 2.20. The van der Waals surface area contributed by atoms with Crippen LogP contribution in [0, 0.1) is 12.3 Å². The smallest absolute Gasteiger partial charge is 0.256 e. The molecule has 16 heavy (non-hydrogen) atoms. The fourth-order valence-corrected chi connectivity index (χ4v) is 1.71.